The molecule has 2 aliphatic heterocycles. The Kier molecular flexibility index (Phi) is 3.61. The summed E-state index contributed by atoms with van der Waals surface area (Å²) < 4.78 is 0. The quantitative estimate of drug-likeness (QED) is 0.890. The van der Waals surface area contributed by atoms with Gasteiger partial charge in [0.15, 0.2) is 0 Å². The lowest BCUT2D eigenvalue weighted by Crippen LogP contribution is -2.43. The first kappa shape index (κ1) is 13.3. The van der Waals surface area contributed by atoms with E-state index in [1.807, 2.05) is 11.3 Å². The zero-order chi connectivity index (χ0) is 13.5. The fourth-order valence-corrected chi connectivity index (χ4v) is 5.28. The van der Waals surface area contributed by atoms with Crippen LogP contribution >= 0.6 is 11.3 Å². The Morgan fingerprint density at radius 2 is 2.00 bits per heavy atom. The Labute approximate surface area is 126 Å². The molecule has 3 atom stereocenters. The van der Waals surface area contributed by atoms with Crippen LogP contribution in [0.5, 0.6) is 0 Å². The van der Waals surface area contributed by atoms with Crippen LogP contribution in [-0.4, -0.2) is 30.6 Å². The molecule has 3 unspecified atom stereocenters. The Hall–Kier alpha value is -0.380. The van der Waals surface area contributed by atoms with Crippen LogP contribution in [-0.2, 0) is 0 Å². The first-order chi connectivity index (χ1) is 9.81. The molecular weight excluding hydrogens is 264 g/mol. The van der Waals surface area contributed by atoms with Crippen LogP contribution in [0.4, 0.5) is 0 Å². The van der Waals surface area contributed by atoms with Crippen LogP contribution in [0.15, 0.2) is 17.5 Å². The highest BCUT2D eigenvalue weighted by Gasteiger charge is 2.39. The van der Waals surface area contributed by atoms with E-state index in [1.165, 1.54) is 45.1 Å². The average Bonchev–Trinajstić information content (AvgIpc) is 3.11. The lowest BCUT2D eigenvalue weighted by molar-refractivity contribution is 0.130. The van der Waals surface area contributed by atoms with Crippen molar-refractivity contribution in [2.24, 2.45) is 11.8 Å². The standard InChI is InChI=1S/C17H26N2S/c1-19-14-6-7-15(19)10-12(9-14)11-18-17(13-4-5-13)16-3-2-8-20-16/h2-3,8,12-15,17-18H,4-7,9-11H2,1H3. The molecule has 1 aromatic rings. The Bertz CT molecular complexity index is 426. The minimum Gasteiger partial charge on any atom is -0.309 e. The summed E-state index contributed by atoms with van der Waals surface area (Å²) in [5, 5.41) is 6.15. The molecule has 1 saturated carbocycles. The second-order valence-electron chi connectivity index (χ2n) is 7.13. The predicted molar refractivity (Wildman–Crippen MR) is 85.1 cm³/mol. The molecule has 2 saturated heterocycles. The normalized spacial score (nSPS) is 35.4. The molecule has 110 valence electrons. The van der Waals surface area contributed by atoms with Crippen LogP contribution < -0.4 is 5.32 Å². The summed E-state index contributed by atoms with van der Waals surface area (Å²) in [7, 11) is 2.34. The van der Waals surface area contributed by atoms with Crippen LogP contribution in [0.25, 0.3) is 0 Å². The molecule has 1 aromatic heterocycles. The number of hydrogen-bond donors (Lipinski definition) is 1. The van der Waals surface area contributed by atoms with Gasteiger partial charge in [0, 0.05) is 23.0 Å². The zero-order valence-electron chi connectivity index (χ0n) is 12.4. The Morgan fingerprint density at radius 3 is 2.60 bits per heavy atom. The van der Waals surface area contributed by atoms with E-state index in [9.17, 15) is 0 Å². The molecule has 3 aliphatic rings. The Balaban J connectivity index is 1.35. The lowest BCUT2D eigenvalue weighted by atomic mass is 9.90. The molecular formula is C17H26N2S. The summed E-state index contributed by atoms with van der Waals surface area (Å²) >= 11 is 1.93. The summed E-state index contributed by atoms with van der Waals surface area (Å²) in [5.41, 5.74) is 0. The number of nitrogens with zero attached hydrogens (tertiary/aromatic N) is 1. The van der Waals surface area contributed by atoms with Gasteiger partial charge in [0.25, 0.3) is 0 Å². The van der Waals surface area contributed by atoms with Crippen LogP contribution in [0.2, 0.25) is 0 Å². The molecule has 0 spiro atoms. The second-order valence-corrected chi connectivity index (χ2v) is 8.11. The minimum atomic E-state index is 0.646. The molecule has 0 radical (unpaired) electrons. The molecule has 2 nitrogen and oxygen atoms in total. The topological polar surface area (TPSA) is 15.3 Å². The summed E-state index contributed by atoms with van der Waals surface area (Å²) in [5.74, 6) is 1.82. The van der Waals surface area contributed by atoms with Crippen molar-refractivity contribution < 1.29 is 0 Å². The highest BCUT2D eigenvalue weighted by molar-refractivity contribution is 7.10. The maximum Gasteiger partial charge on any atom is 0.0443 e. The van der Waals surface area contributed by atoms with Gasteiger partial charge in [-0.25, -0.2) is 0 Å². The maximum atomic E-state index is 3.93. The predicted octanol–water partition coefficient (Wildman–Crippen LogP) is 3.66. The average molecular weight is 290 g/mol. The van der Waals surface area contributed by atoms with Gasteiger partial charge in [0.2, 0.25) is 0 Å². The van der Waals surface area contributed by atoms with Crippen molar-refractivity contribution in [2.45, 2.75) is 56.7 Å². The molecule has 3 heterocycles. The fraction of sp³-hybridized carbons (Fsp3) is 0.765. The van der Waals surface area contributed by atoms with Crippen molar-refractivity contribution in [2.75, 3.05) is 13.6 Å². The van der Waals surface area contributed by atoms with Crippen molar-refractivity contribution in [3.8, 4) is 0 Å². The van der Waals surface area contributed by atoms with Crippen LogP contribution in [0.3, 0.4) is 0 Å². The van der Waals surface area contributed by atoms with E-state index in [4.69, 9.17) is 0 Å². The van der Waals surface area contributed by atoms with Gasteiger partial charge in [-0.2, -0.15) is 0 Å². The SMILES string of the molecule is CN1C2CCC1CC(CNC(c1cccs1)C1CC1)C2. The maximum absolute atomic E-state index is 3.93. The van der Waals surface area contributed by atoms with Crippen molar-refractivity contribution in [1.82, 2.24) is 10.2 Å². The van der Waals surface area contributed by atoms with Gasteiger partial charge in [-0.15, -0.1) is 11.3 Å². The van der Waals surface area contributed by atoms with Gasteiger partial charge >= 0.3 is 0 Å². The number of hydrogen-bond acceptors (Lipinski definition) is 3. The van der Waals surface area contributed by atoms with Gasteiger partial charge in [0.05, 0.1) is 0 Å². The van der Waals surface area contributed by atoms with Crippen LogP contribution in [0, 0.1) is 11.8 Å². The van der Waals surface area contributed by atoms with E-state index in [0.717, 1.165) is 23.9 Å². The summed E-state index contributed by atoms with van der Waals surface area (Å²) in [6.45, 7) is 1.24. The number of nitrogens with one attached hydrogen (secondary N) is 1. The molecule has 2 bridgehead atoms. The molecule has 4 rings (SSSR count). The van der Waals surface area contributed by atoms with E-state index in [0.29, 0.717) is 6.04 Å². The molecule has 1 aliphatic carbocycles. The van der Waals surface area contributed by atoms with Crippen LogP contribution in [0.1, 0.15) is 49.4 Å². The molecule has 20 heavy (non-hydrogen) atoms. The highest BCUT2D eigenvalue weighted by atomic mass is 32.1. The third kappa shape index (κ3) is 2.56. The van der Waals surface area contributed by atoms with E-state index in [2.05, 4.69) is 34.8 Å². The van der Waals surface area contributed by atoms with E-state index >= 15 is 0 Å². The molecule has 0 amide bonds. The van der Waals surface area contributed by atoms with Gasteiger partial charge in [0.1, 0.15) is 0 Å². The monoisotopic (exact) mass is 290 g/mol. The zero-order valence-corrected chi connectivity index (χ0v) is 13.2. The third-order valence-electron chi connectivity index (χ3n) is 5.77. The van der Waals surface area contributed by atoms with E-state index in [1.54, 1.807) is 4.88 Å². The first-order valence-corrected chi connectivity index (χ1v) is 9.18. The number of thiophene rings is 1. The highest BCUT2D eigenvalue weighted by Crippen LogP contribution is 2.43. The molecule has 0 aromatic carbocycles. The van der Waals surface area contributed by atoms with Crippen molar-refractivity contribution >= 4 is 11.3 Å². The number of piperidine rings is 1. The second kappa shape index (κ2) is 5.43. The first-order valence-electron chi connectivity index (χ1n) is 8.30. The lowest BCUT2D eigenvalue weighted by Gasteiger charge is -2.37. The smallest absolute Gasteiger partial charge is 0.0443 e. The van der Waals surface area contributed by atoms with Crippen molar-refractivity contribution in [3.63, 3.8) is 0 Å². The van der Waals surface area contributed by atoms with Gasteiger partial charge < -0.3 is 10.2 Å². The summed E-state index contributed by atoms with van der Waals surface area (Å²) in [6, 6.07) is 6.92. The Morgan fingerprint density at radius 1 is 1.25 bits per heavy atom. The molecule has 3 heteroatoms. The summed E-state index contributed by atoms with van der Waals surface area (Å²) in [4.78, 5) is 4.21. The van der Waals surface area contributed by atoms with Gasteiger partial charge in [-0.1, -0.05) is 6.07 Å². The summed E-state index contributed by atoms with van der Waals surface area (Å²) in [6.07, 6.45) is 8.56. The fourth-order valence-electron chi connectivity index (χ4n) is 4.38. The van der Waals surface area contributed by atoms with Crippen molar-refractivity contribution in [1.29, 1.82) is 0 Å². The van der Waals surface area contributed by atoms with Gasteiger partial charge in [-0.05, 0) is 75.4 Å². The number of fused-ring (bicyclic) bond motifs is 2. The minimum absolute atomic E-state index is 0.646. The molecule has 3 fully saturated rings. The third-order valence-corrected chi connectivity index (χ3v) is 6.72. The number of rotatable bonds is 5. The van der Waals surface area contributed by atoms with E-state index < -0.39 is 0 Å². The van der Waals surface area contributed by atoms with Gasteiger partial charge in [-0.3, -0.25) is 0 Å². The largest absolute Gasteiger partial charge is 0.309 e. The molecule has 1 N–H and O–H groups in total. The van der Waals surface area contributed by atoms with E-state index in [-0.39, 0.29) is 0 Å². The van der Waals surface area contributed by atoms with Crippen molar-refractivity contribution in [3.05, 3.63) is 22.4 Å².